The molecule has 25 heavy (non-hydrogen) atoms. The zero-order valence-electron chi connectivity index (χ0n) is 14.3. The fraction of sp³-hybridized carbons (Fsp3) is 0.286. The van der Waals surface area contributed by atoms with Crippen LogP contribution < -0.4 is 0 Å². The number of para-hydroxylation sites is 1. The number of nitrogens with one attached hydrogen (secondary N) is 1. The highest BCUT2D eigenvalue weighted by molar-refractivity contribution is 9.08. The first kappa shape index (κ1) is 16.4. The number of H-pyrrole nitrogens is 1. The van der Waals surface area contributed by atoms with Crippen LogP contribution in [0.15, 0.2) is 48.5 Å². The Morgan fingerprint density at radius 3 is 2.72 bits per heavy atom. The predicted molar refractivity (Wildman–Crippen MR) is 105 cm³/mol. The van der Waals surface area contributed by atoms with Crippen molar-refractivity contribution >= 4 is 32.7 Å². The lowest BCUT2D eigenvalue weighted by Gasteiger charge is -2.29. The molecule has 0 spiro atoms. The first-order chi connectivity index (χ1) is 12.2. The quantitative estimate of drug-likeness (QED) is 0.636. The van der Waals surface area contributed by atoms with E-state index in [1.807, 2.05) is 17.9 Å². The van der Waals surface area contributed by atoms with Gasteiger partial charge >= 0.3 is 0 Å². The molecule has 4 rings (SSSR count). The molecule has 3 nitrogen and oxygen atoms in total. The van der Waals surface area contributed by atoms with Gasteiger partial charge in [0, 0.05) is 28.5 Å². The van der Waals surface area contributed by atoms with Crippen molar-refractivity contribution in [2.45, 2.75) is 31.1 Å². The van der Waals surface area contributed by atoms with Crippen LogP contribution in [-0.2, 0) is 23.1 Å². The number of carbonyl (C=O) groups is 1. The van der Waals surface area contributed by atoms with Gasteiger partial charge in [0.1, 0.15) is 0 Å². The number of fused-ring (bicyclic) bond motifs is 3. The van der Waals surface area contributed by atoms with Gasteiger partial charge in [0.05, 0.1) is 12.5 Å². The van der Waals surface area contributed by atoms with E-state index in [9.17, 15) is 4.79 Å². The van der Waals surface area contributed by atoms with Crippen molar-refractivity contribution in [2.75, 3.05) is 6.54 Å². The molecule has 2 aromatic carbocycles. The Hall–Kier alpha value is -2.07. The number of nitrogens with zero attached hydrogens (tertiary/aromatic N) is 1. The molecule has 1 unspecified atom stereocenters. The second-order valence-electron chi connectivity index (χ2n) is 6.73. The summed E-state index contributed by atoms with van der Waals surface area (Å²) in [6, 6.07) is 16.7. The molecule has 1 aliphatic rings. The van der Waals surface area contributed by atoms with E-state index >= 15 is 0 Å². The third kappa shape index (κ3) is 2.99. The smallest absolute Gasteiger partial charge is 0.230 e. The molecule has 1 N–H and O–H groups in total. The first-order valence-corrected chi connectivity index (χ1v) is 9.81. The average molecular weight is 397 g/mol. The standard InChI is InChI=1S/C21H21BrN2O/c1-14(16-8-6-15(12-22)7-9-16)21(25)24-11-10-18-17-4-2-3-5-19(17)23-20(18)13-24/h2-9,14,23H,10-13H2,1H3. The van der Waals surface area contributed by atoms with Gasteiger partial charge in [-0.3, -0.25) is 4.79 Å². The van der Waals surface area contributed by atoms with E-state index in [1.165, 1.54) is 27.7 Å². The van der Waals surface area contributed by atoms with Crippen LogP contribution in [0.25, 0.3) is 10.9 Å². The van der Waals surface area contributed by atoms with Gasteiger partial charge in [-0.2, -0.15) is 0 Å². The molecule has 4 heteroatoms. The summed E-state index contributed by atoms with van der Waals surface area (Å²) in [5.41, 5.74) is 6.03. The molecule has 0 radical (unpaired) electrons. The molecule has 0 fully saturated rings. The van der Waals surface area contributed by atoms with Gasteiger partial charge in [-0.05, 0) is 36.1 Å². The molecular formula is C21H21BrN2O. The highest BCUT2D eigenvalue weighted by atomic mass is 79.9. The number of halogens is 1. The third-order valence-corrected chi connectivity index (χ3v) is 5.85. The summed E-state index contributed by atoms with van der Waals surface area (Å²) in [6.07, 6.45) is 0.917. The molecule has 0 aliphatic carbocycles. The number of rotatable bonds is 3. The highest BCUT2D eigenvalue weighted by Crippen LogP contribution is 2.29. The van der Waals surface area contributed by atoms with Crippen molar-refractivity contribution in [1.29, 1.82) is 0 Å². The zero-order valence-corrected chi connectivity index (χ0v) is 15.8. The summed E-state index contributed by atoms with van der Waals surface area (Å²) in [4.78, 5) is 18.5. The zero-order chi connectivity index (χ0) is 17.4. The number of alkyl halides is 1. The van der Waals surface area contributed by atoms with E-state index in [-0.39, 0.29) is 11.8 Å². The van der Waals surface area contributed by atoms with Crippen molar-refractivity contribution in [1.82, 2.24) is 9.88 Å². The Bertz CT molecular complexity index is 913. The van der Waals surface area contributed by atoms with Crippen molar-refractivity contribution in [3.05, 3.63) is 70.9 Å². The topological polar surface area (TPSA) is 36.1 Å². The van der Waals surface area contributed by atoms with Gasteiger partial charge in [-0.15, -0.1) is 0 Å². The maximum Gasteiger partial charge on any atom is 0.230 e. The molecule has 0 bridgehead atoms. The normalized spacial score (nSPS) is 15.2. The van der Waals surface area contributed by atoms with E-state index < -0.39 is 0 Å². The average Bonchev–Trinajstić information content (AvgIpc) is 3.04. The number of hydrogen-bond donors (Lipinski definition) is 1. The Balaban J connectivity index is 1.54. The van der Waals surface area contributed by atoms with Crippen LogP contribution >= 0.6 is 15.9 Å². The fourth-order valence-electron chi connectivity index (χ4n) is 3.69. The van der Waals surface area contributed by atoms with Crippen molar-refractivity contribution in [3.63, 3.8) is 0 Å². The van der Waals surface area contributed by atoms with E-state index in [0.29, 0.717) is 6.54 Å². The predicted octanol–water partition coefficient (Wildman–Crippen LogP) is 4.75. The monoisotopic (exact) mass is 396 g/mol. The first-order valence-electron chi connectivity index (χ1n) is 8.69. The largest absolute Gasteiger partial charge is 0.357 e. The summed E-state index contributed by atoms with van der Waals surface area (Å²) in [6.45, 7) is 3.47. The minimum atomic E-state index is -0.115. The molecule has 3 aromatic rings. The Kier molecular flexibility index (Phi) is 4.38. The van der Waals surface area contributed by atoms with Gasteiger partial charge in [-0.25, -0.2) is 0 Å². The lowest BCUT2D eigenvalue weighted by atomic mass is 9.96. The third-order valence-electron chi connectivity index (χ3n) is 5.20. The molecule has 1 amide bonds. The Morgan fingerprint density at radius 1 is 1.20 bits per heavy atom. The number of benzene rings is 2. The summed E-state index contributed by atoms with van der Waals surface area (Å²) >= 11 is 3.46. The second-order valence-corrected chi connectivity index (χ2v) is 7.30. The molecule has 0 saturated carbocycles. The van der Waals surface area contributed by atoms with Crippen LogP contribution in [-0.4, -0.2) is 22.3 Å². The van der Waals surface area contributed by atoms with Crippen molar-refractivity contribution in [2.24, 2.45) is 0 Å². The molecule has 2 heterocycles. The number of carbonyl (C=O) groups excluding carboxylic acids is 1. The highest BCUT2D eigenvalue weighted by Gasteiger charge is 2.27. The van der Waals surface area contributed by atoms with Gasteiger partial charge in [-0.1, -0.05) is 58.4 Å². The Morgan fingerprint density at radius 2 is 1.96 bits per heavy atom. The summed E-state index contributed by atoms with van der Waals surface area (Å²) in [7, 11) is 0. The molecule has 1 atom stereocenters. The van der Waals surface area contributed by atoms with Crippen LogP contribution in [0.2, 0.25) is 0 Å². The van der Waals surface area contributed by atoms with Gasteiger partial charge < -0.3 is 9.88 Å². The van der Waals surface area contributed by atoms with Crippen molar-refractivity contribution < 1.29 is 4.79 Å². The SMILES string of the molecule is CC(C(=O)N1CCc2c([nH]c3ccccc23)C1)c1ccc(CBr)cc1. The van der Waals surface area contributed by atoms with Gasteiger partial charge in [0.25, 0.3) is 0 Å². The van der Waals surface area contributed by atoms with Gasteiger partial charge in [0.2, 0.25) is 5.91 Å². The van der Waals surface area contributed by atoms with Crippen LogP contribution in [0.4, 0.5) is 0 Å². The number of hydrogen-bond acceptors (Lipinski definition) is 1. The minimum Gasteiger partial charge on any atom is -0.357 e. The van der Waals surface area contributed by atoms with Crippen LogP contribution in [0.1, 0.15) is 35.2 Å². The molecule has 0 saturated heterocycles. The van der Waals surface area contributed by atoms with E-state index in [2.05, 4.69) is 63.4 Å². The maximum atomic E-state index is 13.0. The van der Waals surface area contributed by atoms with Crippen molar-refractivity contribution in [3.8, 4) is 0 Å². The summed E-state index contributed by atoms with van der Waals surface area (Å²) in [5, 5.41) is 2.13. The van der Waals surface area contributed by atoms with Crippen LogP contribution in [0.5, 0.6) is 0 Å². The van der Waals surface area contributed by atoms with Crippen LogP contribution in [0.3, 0.4) is 0 Å². The molecule has 1 aromatic heterocycles. The van der Waals surface area contributed by atoms with Gasteiger partial charge in [0.15, 0.2) is 0 Å². The summed E-state index contributed by atoms with van der Waals surface area (Å²) < 4.78 is 0. The second kappa shape index (κ2) is 6.68. The minimum absolute atomic E-state index is 0.115. The number of aromatic nitrogens is 1. The molecular weight excluding hydrogens is 376 g/mol. The van der Waals surface area contributed by atoms with E-state index in [4.69, 9.17) is 0 Å². The lowest BCUT2D eigenvalue weighted by molar-refractivity contribution is -0.133. The number of amides is 1. The van der Waals surface area contributed by atoms with E-state index in [0.717, 1.165) is 23.9 Å². The molecule has 1 aliphatic heterocycles. The van der Waals surface area contributed by atoms with Crippen LogP contribution in [0, 0.1) is 0 Å². The lowest BCUT2D eigenvalue weighted by Crippen LogP contribution is -2.38. The number of aromatic amines is 1. The maximum absolute atomic E-state index is 13.0. The fourth-order valence-corrected chi connectivity index (χ4v) is 4.07. The summed E-state index contributed by atoms with van der Waals surface area (Å²) in [5.74, 6) is 0.0891. The Labute approximate surface area is 156 Å². The molecule has 128 valence electrons. The van der Waals surface area contributed by atoms with E-state index in [1.54, 1.807) is 0 Å².